The van der Waals surface area contributed by atoms with Gasteiger partial charge in [0.05, 0.1) is 19.7 Å². The smallest absolute Gasteiger partial charge is 0.244 e. The lowest BCUT2D eigenvalue weighted by molar-refractivity contribution is -0.120. The molecule has 4 aromatic carbocycles. The quantitative estimate of drug-likeness (QED) is 0.315. The molecule has 0 spiro atoms. The van der Waals surface area contributed by atoms with E-state index in [1.54, 1.807) is 13.3 Å². The number of amides is 1. The molecule has 0 atom stereocenters. The number of rotatable bonds is 5. The van der Waals surface area contributed by atoms with Gasteiger partial charge in [0.25, 0.3) is 0 Å². The van der Waals surface area contributed by atoms with Crippen LogP contribution in [0.5, 0.6) is 5.75 Å². The third-order valence-electron chi connectivity index (χ3n) is 4.72. The van der Waals surface area contributed by atoms with Gasteiger partial charge < -0.3 is 4.74 Å². The van der Waals surface area contributed by atoms with Crippen molar-refractivity contribution in [1.82, 2.24) is 5.43 Å². The number of ether oxygens (including phenoxy) is 1. The van der Waals surface area contributed by atoms with Crippen LogP contribution in [0.25, 0.3) is 21.5 Å². The zero-order valence-electron chi connectivity index (χ0n) is 15.6. The van der Waals surface area contributed by atoms with Gasteiger partial charge in [0.2, 0.25) is 5.91 Å². The molecular weight excluding hydrogens is 348 g/mol. The van der Waals surface area contributed by atoms with Gasteiger partial charge in [0.15, 0.2) is 0 Å². The van der Waals surface area contributed by atoms with Gasteiger partial charge in [0, 0.05) is 5.56 Å². The molecule has 1 amide bonds. The number of hydrazone groups is 1. The van der Waals surface area contributed by atoms with E-state index in [1.165, 1.54) is 0 Å². The topological polar surface area (TPSA) is 50.7 Å². The zero-order chi connectivity index (χ0) is 19.3. The second-order valence-electron chi connectivity index (χ2n) is 6.55. The first-order valence-electron chi connectivity index (χ1n) is 9.10. The van der Waals surface area contributed by atoms with Crippen LogP contribution in [0.4, 0.5) is 0 Å². The van der Waals surface area contributed by atoms with Crippen molar-refractivity contribution in [3.63, 3.8) is 0 Å². The van der Waals surface area contributed by atoms with Gasteiger partial charge >= 0.3 is 0 Å². The lowest BCUT2D eigenvalue weighted by atomic mass is 9.97. The predicted molar refractivity (Wildman–Crippen MR) is 114 cm³/mol. The highest BCUT2D eigenvalue weighted by Gasteiger charge is 2.06. The lowest BCUT2D eigenvalue weighted by Gasteiger charge is -2.08. The highest BCUT2D eigenvalue weighted by molar-refractivity contribution is 6.13. The number of methoxy groups -OCH3 is 1. The van der Waals surface area contributed by atoms with Crippen molar-refractivity contribution >= 4 is 33.7 Å². The third kappa shape index (κ3) is 3.71. The van der Waals surface area contributed by atoms with Crippen molar-refractivity contribution < 1.29 is 9.53 Å². The molecule has 1 N–H and O–H groups in total. The average molecular weight is 368 g/mol. The summed E-state index contributed by atoms with van der Waals surface area (Å²) in [5, 5.41) is 8.73. The van der Waals surface area contributed by atoms with Gasteiger partial charge in [-0.1, -0.05) is 60.7 Å². The van der Waals surface area contributed by atoms with Crippen molar-refractivity contribution in [2.45, 2.75) is 6.42 Å². The fourth-order valence-electron chi connectivity index (χ4n) is 3.33. The molecule has 0 unspecified atom stereocenters. The van der Waals surface area contributed by atoms with Crippen molar-refractivity contribution in [2.75, 3.05) is 7.11 Å². The molecule has 4 rings (SSSR count). The highest BCUT2D eigenvalue weighted by Crippen LogP contribution is 2.27. The molecule has 0 bridgehead atoms. The highest BCUT2D eigenvalue weighted by atomic mass is 16.5. The zero-order valence-corrected chi connectivity index (χ0v) is 15.6. The molecule has 0 saturated carbocycles. The number of nitrogens with one attached hydrogen (secondary N) is 1. The van der Waals surface area contributed by atoms with Crippen molar-refractivity contribution in [1.29, 1.82) is 0 Å². The first-order valence-corrected chi connectivity index (χ1v) is 9.10. The SMILES string of the molecule is COc1ccc(CC(=O)N/N=C/c2c3ccccc3cc3ccccc23)cc1. The van der Waals surface area contributed by atoms with Crippen LogP contribution < -0.4 is 10.2 Å². The minimum Gasteiger partial charge on any atom is -0.497 e. The minimum atomic E-state index is -0.161. The number of fused-ring (bicyclic) bond motifs is 2. The van der Waals surface area contributed by atoms with Crippen LogP contribution in [-0.4, -0.2) is 19.2 Å². The molecule has 4 heteroatoms. The van der Waals surface area contributed by atoms with E-state index in [2.05, 4.69) is 40.9 Å². The Bertz CT molecular complexity index is 1110. The van der Waals surface area contributed by atoms with Crippen LogP contribution >= 0.6 is 0 Å². The third-order valence-corrected chi connectivity index (χ3v) is 4.72. The Balaban J connectivity index is 1.56. The minimum absolute atomic E-state index is 0.161. The van der Waals surface area contributed by atoms with Gasteiger partial charge in [-0.15, -0.1) is 0 Å². The van der Waals surface area contributed by atoms with Gasteiger partial charge in [-0.25, -0.2) is 5.43 Å². The summed E-state index contributed by atoms with van der Waals surface area (Å²) < 4.78 is 5.13. The van der Waals surface area contributed by atoms with Crippen LogP contribution in [0, 0.1) is 0 Å². The molecule has 0 radical (unpaired) electrons. The molecule has 0 heterocycles. The van der Waals surface area contributed by atoms with E-state index < -0.39 is 0 Å². The molecule has 28 heavy (non-hydrogen) atoms. The summed E-state index contributed by atoms with van der Waals surface area (Å²) in [4.78, 5) is 12.2. The molecular formula is C24H20N2O2. The molecule has 138 valence electrons. The maximum Gasteiger partial charge on any atom is 0.244 e. The Morgan fingerprint density at radius 2 is 1.54 bits per heavy atom. The normalized spacial score (nSPS) is 11.2. The Kier molecular flexibility index (Phi) is 5.02. The van der Waals surface area contributed by atoms with Crippen molar-refractivity contribution in [2.24, 2.45) is 5.10 Å². The molecule has 0 aliphatic rings. The second-order valence-corrected chi connectivity index (χ2v) is 6.55. The van der Waals surface area contributed by atoms with Crippen LogP contribution in [0.3, 0.4) is 0 Å². The van der Waals surface area contributed by atoms with Crippen LogP contribution in [-0.2, 0) is 11.2 Å². The van der Waals surface area contributed by atoms with Gasteiger partial charge in [0.1, 0.15) is 5.75 Å². The van der Waals surface area contributed by atoms with Crippen molar-refractivity contribution in [3.05, 3.63) is 90.0 Å². The van der Waals surface area contributed by atoms with E-state index >= 15 is 0 Å². The van der Waals surface area contributed by atoms with Gasteiger partial charge in [-0.2, -0.15) is 5.10 Å². The predicted octanol–water partition coefficient (Wildman–Crippen LogP) is 4.69. The second kappa shape index (κ2) is 7.92. The van der Waals surface area contributed by atoms with Crippen LogP contribution in [0.1, 0.15) is 11.1 Å². The Hall–Kier alpha value is -3.66. The van der Waals surface area contributed by atoms with Crippen LogP contribution in [0.2, 0.25) is 0 Å². The Morgan fingerprint density at radius 3 is 2.14 bits per heavy atom. The maximum atomic E-state index is 12.2. The summed E-state index contributed by atoms with van der Waals surface area (Å²) >= 11 is 0. The number of hydrogen-bond donors (Lipinski definition) is 1. The van der Waals surface area contributed by atoms with E-state index in [0.29, 0.717) is 0 Å². The summed E-state index contributed by atoms with van der Waals surface area (Å²) in [5.41, 5.74) is 4.54. The number of carbonyl (C=O) groups excluding carboxylic acids is 1. The van der Waals surface area contributed by atoms with Gasteiger partial charge in [-0.05, 0) is 45.3 Å². The average Bonchev–Trinajstić information content (AvgIpc) is 2.74. The first kappa shape index (κ1) is 17.7. The summed E-state index contributed by atoms with van der Waals surface area (Å²) in [6.07, 6.45) is 1.99. The summed E-state index contributed by atoms with van der Waals surface area (Å²) in [5.74, 6) is 0.607. The molecule has 0 aliphatic carbocycles. The molecule has 0 fully saturated rings. The van der Waals surface area contributed by atoms with E-state index in [1.807, 2.05) is 48.5 Å². The summed E-state index contributed by atoms with van der Waals surface area (Å²) in [6, 6.07) is 26.0. The molecule has 4 nitrogen and oxygen atoms in total. The van der Waals surface area contributed by atoms with E-state index in [4.69, 9.17) is 4.74 Å². The monoisotopic (exact) mass is 368 g/mol. The number of benzene rings is 4. The summed E-state index contributed by atoms with van der Waals surface area (Å²) in [6.45, 7) is 0. The molecule has 0 aromatic heterocycles. The van der Waals surface area contributed by atoms with Gasteiger partial charge in [-0.3, -0.25) is 4.79 Å². The van der Waals surface area contributed by atoms with E-state index in [9.17, 15) is 4.79 Å². The number of nitrogens with zero attached hydrogens (tertiary/aromatic N) is 1. The molecule has 4 aromatic rings. The van der Waals surface area contributed by atoms with Crippen molar-refractivity contribution in [3.8, 4) is 5.75 Å². The summed E-state index contributed by atoms with van der Waals surface area (Å²) in [7, 11) is 1.62. The number of hydrogen-bond acceptors (Lipinski definition) is 3. The Morgan fingerprint density at radius 1 is 0.929 bits per heavy atom. The van der Waals surface area contributed by atoms with E-state index in [-0.39, 0.29) is 12.3 Å². The fourth-order valence-corrected chi connectivity index (χ4v) is 3.33. The molecule has 0 aliphatic heterocycles. The molecule has 0 saturated heterocycles. The van der Waals surface area contributed by atoms with Crippen LogP contribution in [0.15, 0.2) is 84.0 Å². The fraction of sp³-hybridized carbons (Fsp3) is 0.0833. The number of carbonyl (C=O) groups is 1. The van der Waals surface area contributed by atoms with E-state index in [0.717, 1.165) is 38.4 Å². The Labute approximate surface area is 163 Å². The largest absolute Gasteiger partial charge is 0.497 e. The maximum absolute atomic E-state index is 12.2. The standard InChI is InChI=1S/C24H20N2O2/c1-28-20-12-10-17(11-13-20)14-24(27)26-25-16-23-21-8-4-2-6-18(21)15-19-7-3-5-9-22(19)23/h2-13,15-16H,14H2,1H3,(H,26,27)/b25-16+. The first-order chi connectivity index (χ1) is 13.7. The lowest BCUT2D eigenvalue weighted by Crippen LogP contribution is -2.19.